The molecule has 1 fully saturated rings. The van der Waals surface area contributed by atoms with E-state index in [1.54, 1.807) is 7.05 Å². The lowest BCUT2D eigenvalue weighted by Gasteiger charge is -2.31. The third-order valence-electron chi connectivity index (χ3n) is 4.87. The summed E-state index contributed by atoms with van der Waals surface area (Å²) in [4.78, 5) is 26.4. The van der Waals surface area contributed by atoms with E-state index in [4.69, 9.17) is 0 Å². The highest BCUT2D eigenvalue weighted by Crippen LogP contribution is 2.34. The molecule has 1 amide bonds. The molecule has 1 aliphatic heterocycles. The lowest BCUT2D eigenvalue weighted by molar-refractivity contribution is 0.0706. The predicted molar refractivity (Wildman–Crippen MR) is 93.0 cm³/mol. The zero-order chi connectivity index (χ0) is 17.1. The first kappa shape index (κ1) is 16.4. The quantitative estimate of drug-likeness (QED) is 0.868. The van der Waals surface area contributed by atoms with Crippen LogP contribution in [0.15, 0.2) is 47.3 Å². The fraction of sp³-hybridized carbons (Fsp3) is 0.421. The molecule has 2 atom stereocenters. The minimum atomic E-state index is -0.208. The third-order valence-corrected chi connectivity index (χ3v) is 4.87. The number of aromatic nitrogens is 2. The van der Waals surface area contributed by atoms with Crippen molar-refractivity contribution in [2.75, 3.05) is 6.54 Å². The van der Waals surface area contributed by atoms with Crippen molar-refractivity contribution < 1.29 is 4.79 Å². The van der Waals surface area contributed by atoms with Crippen molar-refractivity contribution in [3.63, 3.8) is 0 Å². The van der Waals surface area contributed by atoms with E-state index < -0.39 is 0 Å². The van der Waals surface area contributed by atoms with E-state index in [0.29, 0.717) is 11.6 Å². The first-order valence-corrected chi connectivity index (χ1v) is 8.52. The second-order valence-electron chi connectivity index (χ2n) is 6.31. The van der Waals surface area contributed by atoms with Gasteiger partial charge in [-0.3, -0.25) is 9.59 Å². The van der Waals surface area contributed by atoms with Gasteiger partial charge in [-0.1, -0.05) is 37.3 Å². The monoisotopic (exact) mass is 325 g/mol. The number of benzene rings is 1. The van der Waals surface area contributed by atoms with Gasteiger partial charge < -0.3 is 4.90 Å². The number of hydrogen-bond acceptors (Lipinski definition) is 3. The molecule has 1 aromatic heterocycles. The van der Waals surface area contributed by atoms with Crippen LogP contribution in [0, 0.1) is 0 Å². The van der Waals surface area contributed by atoms with E-state index in [-0.39, 0.29) is 17.5 Å². The van der Waals surface area contributed by atoms with Crippen molar-refractivity contribution in [3.8, 4) is 0 Å². The summed E-state index contributed by atoms with van der Waals surface area (Å²) in [5, 5.41) is 4.12. The highest BCUT2D eigenvalue weighted by Gasteiger charge is 2.35. The summed E-state index contributed by atoms with van der Waals surface area (Å²) >= 11 is 0. The van der Waals surface area contributed by atoms with Crippen molar-refractivity contribution in [3.05, 3.63) is 64.1 Å². The van der Waals surface area contributed by atoms with Gasteiger partial charge in [-0.25, -0.2) is 4.68 Å². The second-order valence-corrected chi connectivity index (χ2v) is 6.31. The fourth-order valence-corrected chi connectivity index (χ4v) is 3.66. The summed E-state index contributed by atoms with van der Waals surface area (Å²) in [7, 11) is 1.57. The van der Waals surface area contributed by atoms with Crippen LogP contribution in [0.5, 0.6) is 0 Å². The van der Waals surface area contributed by atoms with Gasteiger partial charge in [0.1, 0.15) is 5.69 Å². The third kappa shape index (κ3) is 3.11. The summed E-state index contributed by atoms with van der Waals surface area (Å²) in [5.74, 6) is 0.243. The smallest absolute Gasteiger partial charge is 0.274 e. The summed E-state index contributed by atoms with van der Waals surface area (Å²) < 4.78 is 1.22. The maximum absolute atomic E-state index is 12.9. The van der Waals surface area contributed by atoms with Crippen molar-refractivity contribution >= 4 is 5.91 Å². The van der Waals surface area contributed by atoms with Gasteiger partial charge >= 0.3 is 0 Å². The molecule has 24 heavy (non-hydrogen) atoms. The largest absolute Gasteiger partial charge is 0.334 e. The molecule has 0 saturated carbocycles. The topological polar surface area (TPSA) is 55.2 Å². The molecule has 0 aliphatic carbocycles. The SMILES string of the molecule is CCC(c1ccccc1)C1CCCN1C(=O)c1ccc(=O)n(C)n1. The number of amides is 1. The second kappa shape index (κ2) is 6.99. The Hall–Kier alpha value is -2.43. The van der Waals surface area contributed by atoms with Gasteiger partial charge in [0, 0.05) is 31.6 Å². The Morgan fingerprint density at radius 2 is 2.00 bits per heavy atom. The van der Waals surface area contributed by atoms with Crippen LogP contribution in [0.25, 0.3) is 0 Å². The van der Waals surface area contributed by atoms with Crippen molar-refractivity contribution in [2.45, 2.75) is 38.1 Å². The minimum absolute atomic E-state index is 0.0810. The van der Waals surface area contributed by atoms with Crippen LogP contribution in [-0.2, 0) is 7.05 Å². The summed E-state index contributed by atoms with van der Waals surface area (Å²) in [6, 6.07) is 13.5. The van der Waals surface area contributed by atoms with Gasteiger partial charge in [-0.05, 0) is 30.9 Å². The summed E-state index contributed by atoms with van der Waals surface area (Å²) in [6.07, 6.45) is 3.00. The van der Waals surface area contributed by atoms with Crippen LogP contribution < -0.4 is 5.56 Å². The number of rotatable bonds is 4. The Balaban J connectivity index is 1.88. The molecule has 0 N–H and O–H groups in total. The Morgan fingerprint density at radius 1 is 1.25 bits per heavy atom. The van der Waals surface area contributed by atoms with Gasteiger partial charge in [0.25, 0.3) is 11.5 Å². The van der Waals surface area contributed by atoms with Gasteiger partial charge in [-0.2, -0.15) is 5.10 Å². The molecule has 2 unspecified atom stereocenters. The van der Waals surface area contributed by atoms with Crippen molar-refractivity contribution in [1.82, 2.24) is 14.7 Å². The number of carbonyl (C=O) groups excluding carboxylic acids is 1. The first-order chi connectivity index (χ1) is 11.6. The van der Waals surface area contributed by atoms with Gasteiger partial charge in [0.2, 0.25) is 0 Å². The molecule has 1 aromatic carbocycles. The maximum atomic E-state index is 12.9. The van der Waals surface area contributed by atoms with Gasteiger partial charge in [0.15, 0.2) is 0 Å². The van der Waals surface area contributed by atoms with Crippen LogP contribution in [-0.4, -0.2) is 33.2 Å². The molecule has 0 radical (unpaired) electrons. The Labute approximate surface area is 141 Å². The minimum Gasteiger partial charge on any atom is -0.334 e. The Kier molecular flexibility index (Phi) is 4.79. The number of aryl methyl sites for hydroxylation is 1. The summed E-state index contributed by atoms with van der Waals surface area (Å²) in [6.45, 7) is 2.92. The molecular formula is C19H23N3O2. The molecule has 1 aliphatic rings. The lowest BCUT2D eigenvalue weighted by Crippen LogP contribution is -2.40. The van der Waals surface area contributed by atoms with Crippen molar-refractivity contribution in [1.29, 1.82) is 0 Å². The zero-order valence-corrected chi connectivity index (χ0v) is 14.2. The molecular weight excluding hydrogens is 302 g/mol. The normalized spacial score (nSPS) is 18.6. The van der Waals surface area contributed by atoms with E-state index in [2.05, 4.69) is 24.2 Å². The lowest BCUT2D eigenvalue weighted by atomic mass is 9.87. The van der Waals surface area contributed by atoms with E-state index in [1.807, 2.05) is 23.1 Å². The molecule has 2 heterocycles. The van der Waals surface area contributed by atoms with E-state index in [1.165, 1.54) is 22.4 Å². The number of carbonyl (C=O) groups is 1. The Morgan fingerprint density at radius 3 is 2.67 bits per heavy atom. The molecule has 2 aromatic rings. The fourth-order valence-electron chi connectivity index (χ4n) is 3.66. The summed E-state index contributed by atoms with van der Waals surface area (Å²) in [5.41, 5.74) is 1.41. The molecule has 0 spiro atoms. The van der Waals surface area contributed by atoms with E-state index >= 15 is 0 Å². The van der Waals surface area contributed by atoms with Gasteiger partial charge in [0.05, 0.1) is 0 Å². The zero-order valence-electron chi connectivity index (χ0n) is 14.2. The standard InChI is InChI=1S/C19H23N3O2/c1-3-15(14-8-5-4-6-9-14)17-10-7-13-22(17)19(24)16-11-12-18(23)21(2)20-16/h4-6,8-9,11-12,15,17H,3,7,10,13H2,1-2H3. The van der Waals surface area contributed by atoms with Crippen LogP contribution in [0.1, 0.15) is 48.2 Å². The van der Waals surface area contributed by atoms with E-state index in [0.717, 1.165) is 25.8 Å². The number of likely N-dealkylation sites (tertiary alicyclic amines) is 1. The van der Waals surface area contributed by atoms with Crippen LogP contribution in [0.3, 0.4) is 0 Å². The predicted octanol–water partition coefficient (Wildman–Crippen LogP) is 2.58. The van der Waals surface area contributed by atoms with Crippen LogP contribution >= 0.6 is 0 Å². The number of nitrogens with zero attached hydrogens (tertiary/aromatic N) is 3. The molecule has 5 heteroatoms. The average Bonchev–Trinajstić information content (AvgIpc) is 3.08. The average molecular weight is 325 g/mol. The highest BCUT2D eigenvalue weighted by atomic mass is 16.2. The molecule has 5 nitrogen and oxygen atoms in total. The highest BCUT2D eigenvalue weighted by molar-refractivity contribution is 5.92. The molecule has 0 bridgehead atoms. The van der Waals surface area contributed by atoms with Gasteiger partial charge in [-0.15, -0.1) is 0 Å². The number of hydrogen-bond donors (Lipinski definition) is 0. The maximum Gasteiger partial charge on any atom is 0.274 e. The first-order valence-electron chi connectivity index (χ1n) is 8.52. The molecule has 126 valence electrons. The van der Waals surface area contributed by atoms with Crippen LogP contribution in [0.2, 0.25) is 0 Å². The molecule has 3 rings (SSSR count). The van der Waals surface area contributed by atoms with E-state index in [9.17, 15) is 9.59 Å². The Bertz CT molecular complexity index is 770. The van der Waals surface area contributed by atoms with Crippen LogP contribution in [0.4, 0.5) is 0 Å². The molecule has 1 saturated heterocycles. The van der Waals surface area contributed by atoms with Crippen molar-refractivity contribution in [2.24, 2.45) is 7.05 Å².